The van der Waals surface area contributed by atoms with Crippen LogP contribution in [0.2, 0.25) is 0 Å². The first-order chi connectivity index (χ1) is 7.33. The Balaban J connectivity index is 0.000000531. The lowest BCUT2D eigenvalue weighted by atomic mass is 9.92. The molecule has 0 saturated carbocycles. The number of benzene rings is 1. The molecule has 0 aliphatic heterocycles. The summed E-state index contributed by atoms with van der Waals surface area (Å²) in [4.78, 5) is 10.8. The number of rotatable bonds is 1. The van der Waals surface area contributed by atoms with Gasteiger partial charge in [-0.2, -0.15) is 0 Å². The van der Waals surface area contributed by atoms with Crippen molar-refractivity contribution in [1.29, 1.82) is 0 Å². The van der Waals surface area contributed by atoms with E-state index in [0.29, 0.717) is 0 Å². The average molecular weight is 267 g/mol. The highest BCUT2D eigenvalue weighted by atomic mass is 79.9. The highest BCUT2D eigenvalue weighted by Gasteiger charge is 2.15. The van der Waals surface area contributed by atoms with Crippen LogP contribution in [-0.4, -0.2) is 6.29 Å². The maximum Gasteiger partial charge on any atom is 0.151 e. The van der Waals surface area contributed by atoms with E-state index in [1.54, 1.807) is 0 Å². The summed E-state index contributed by atoms with van der Waals surface area (Å²) in [6.07, 6.45) is 2.89. The van der Waals surface area contributed by atoms with Crippen LogP contribution in [0.4, 0.5) is 0 Å². The lowest BCUT2D eigenvalue weighted by Crippen LogP contribution is -2.02. The van der Waals surface area contributed by atoms with Crippen LogP contribution in [-0.2, 0) is 11.2 Å². The van der Waals surface area contributed by atoms with Crippen LogP contribution in [0.1, 0.15) is 31.4 Å². The molecule has 1 aromatic rings. The van der Waals surface area contributed by atoms with E-state index >= 15 is 0 Å². The molecule has 1 aromatic carbocycles. The minimum atomic E-state index is 0.807. The fraction of sp³-hybridized carbons (Fsp3) is 0.308. The Bertz CT molecular complexity index is 380. The molecule has 0 N–H and O–H groups in total. The van der Waals surface area contributed by atoms with E-state index in [1.807, 2.05) is 32.0 Å². The molecule has 0 atom stereocenters. The lowest BCUT2D eigenvalue weighted by molar-refractivity contribution is -0.103. The predicted octanol–water partition coefficient (Wildman–Crippen LogP) is 3.96. The molecule has 1 aliphatic rings. The van der Waals surface area contributed by atoms with Crippen molar-refractivity contribution in [2.24, 2.45) is 0 Å². The molecule has 0 fully saturated rings. The van der Waals surface area contributed by atoms with Gasteiger partial charge in [-0.25, -0.2) is 0 Å². The molecule has 0 bridgehead atoms. The molecule has 1 nitrogen and oxygen atoms in total. The summed E-state index contributed by atoms with van der Waals surface area (Å²) in [5, 5.41) is 0. The quantitative estimate of drug-likeness (QED) is 0.704. The zero-order valence-electron chi connectivity index (χ0n) is 9.09. The van der Waals surface area contributed by atoms with Crippen molar-refractivity contribution < 1.29 is 4.79 Å². The Morgan fingerprint density at radius 1 is 1.20 bits per heavy atom. The summed E-state index contributed by atoms with van der Waals surface area (Å²) >= 11 is 3.43. The summed E-state index contributed by atoms with van der Waals surface area (Å²) in [5.41, 5.74) is 3.16. The maximum absolute atomic E-state index is 10.8. The monoisotopic (exact) mass is 266 g/mol. The zero-order chi connectivity index (χ0) is 11.3. The predicted molar refractivity (Wildman–Crippen MR) is 68.0 cm³/mol. The second-order valence-electron chi connectivity index (χ2n) is 3.09. The first kappa shape index (κ1) is 12.2. The Labute approximate surface area is 99.3 Å². The number of carbonyl (C=O) groups is 1. The van der Waals surface area contributed by atoms with Gasteiger partial charge in [0.15, 0.2) is 6.29 Å². The van der Waals surface area contributed by atoms with E-state index in [1.165, 1.54) is 5.56 Å². The topological polar surface area (TPSA) is 17.1 Å². The van der Waals surface area contributed by atoms with E-state index in [9.17, 15) is 4.79 Å². The van der Waals surface area contributed by atoms with E-state index in [4.69, 9.17) is 0 Å². The second-order valence-corrected chi connectivity index (χ2v) is 4.05. The van der Waals surface area contributed by atoms with Crippen LogP contribution in [0.15, 0.2) is 28.7 Å². The molecular weight excluding hydrogens is 252 g/mol. The van der Waals surface area contributed by atoms with Gasteiger partial charge in [-0.3, -0.25) is 4.79 Å². The first-order valence-electron chi connectivity index (χ1n) is 5.25. The fourth-order valence-electron chi connectivity index (χ4n) is 1.65. The van der Waals surface area contributed by atoms with E-state index in [-0.39, 0.29) is 0 Å². The molecular formula is C13H15BrO. The SMILES string of the molecule is CC.O=CC1=C(Br)CCc2ccccc21. The van der Waals surface area contributed by atoms with Gasteiger partial charge in [0, 0.05) is 10.1 Å². The van der Waals surface area contributed by atoms with Gasteiger partial charge in [0.2, 0.25) is 0 Å². The van der Waals surface area contributed by atoms with Gasteiger partial charge >= 0.3 is 0 Å². The number of hydrogen-bond donors (Lipinski definition) is 0. The van der Waals surface area contributed by atoms with Crippen molar-refractivity contribution in [3.63, 3.8) is 0 Å². The molecule has 80 valence electrons. The van der Waals surface area contributed by atoms with Gasteiger partial charge in [-0.05, 0) is 24.0 Å². The van der Waals surface area contributed by atoms with Crippen LogP contribution in [0.5, 0.6) is 0 Å². The molecule has 0 saturated heterocycles. The van der Waals surface area contributed by atoms with Crippen molar-refractivity contribution in [2.75, 3.05) is 0 Å². The number of fused-ring (bicyclic) bond motifs is 1. The van der Waals surface area contributed by atoms with E-state index in [0.717, 1.165) is 34.7 Å². The smallest absolute Gasteiger partial charge is 0.151 e. The second kappa shape index (κ2) is 5.86. The van der Waals surface area contributed by atoms with Gasteiger partial charge in [0.05, 0.1) is 0 Å². The summed E-state index contributed by atoms with van der Waals surface area (Å²) in [6.45, 7) is 4.00. The van der Waals surface area contributed by atoms with Gasteiger partial charge in [0.1, 0.15) is 0 Å². The lowest BCUT2D eigenvalue weighted by Gasteiger charge is -2.16. The number of allylic oxidation sites excluding steroid dienone is 2. The third-order valence-electron chi connectivity index (χ3n) is 2.33. The Morgan fingerprint density at radius 2 is 1.87 bits per heavy atom. The fourth-order valence-corrected chi connectivity index (χ4v) is 2.16. The number of aldehydes is 1. The Kier molecular flexibility index (Phi) is 4.76. The molecule has 0 radical (unpaired) electrons. The normalized spacial score (nSPS) is 13.8. The van der Waals surface area contributed by atoms with Crippen LogP contribution in [0.3, 0.4) is 0 Å². The summed E-state index contributed by atoms with van der Waals surface area (Å²) < 4.78 is 1.03. The maximum atomic E-state index is 10.8. The summed E-state index contributed by atoms with van der Waals surface area (Å²) in [5.74, 6) is 0. The van der Waals surface area contributed by atoms with E-state index < -0.39 is 0 Å². The number of aryl methyl sites for hydroxylation is 1. The minimum absolute atomic E-state index is 0.807. The molecule has 0 aromatic heterocycles. The highest BCUT2D eigenvalue weighted by Crippen LogP contribution is 2.32. The molecule has 1 aliphatic carbocycles. The van der Waals surface area contributed by atoms with Crippen molar-refractivity contribution in [3.8, 4) is 0 Å². The van der Waals surface area contributed by atoms with Gasteiger partial charge in [-0.1, -0.05) is 54.0 Å². The molecule has 2 rings (SSSR count). The highest BCUT2D eigenvalue weighted by molar-refractivity contribution is 9.11. The molecule has 15 heavy (non-hydrogen) atoms. The molecule has 0 spiro atoms. The van der Waals surface area contributed by atoms with E-state index in [2.05, 4.69) is 22.0 Å². The van der Waals surface area contributed by atoms with Crippen molar-refractivity contribution in [2.45, 2.75) is 26.7 Å². The van der Waals surface area contributed by atoms with Crippen LogP contribution in [0.25, 0.3) is 5.57 Å². The summed E-state index contributed by atoms with van der Waals surface area (Å²) in [6, 6.07) is 8.06. The zero-order valence-corrected chi connectivity index (χ0v) is 10.7. The molecule has 2 heteroatoms. The third-order valence-corrected chi connectivity index (χ3v) is 3.16. The van der Waals surface area contributed by atoms with Crippen molar-refractivity contribution in [3.05, 3.63) is 39.9 Å². The summed E-state index contributed by atoms with van der Waals surface area (Å²) in [7, 11) is 0. The Hall–Kier alpha value is -0.890. The Morgan fingerprint density at radius 3 is 2.53 bits per heavy atom. The molecule has 0 unspecified atom stereocenters. The average Bonchev–Trinajstić information content (AvgIpc) is 2.32. The number of carbonyl (C=O) groups excluding carboxylic acids is 1. The van der Waals surface area contributed by atoms with Crippen molar-refractivity contribution in [1.82, 2.24) is 0 Å². The largest absolute Gasteiger partial charge is 0.298 e. The molecule has 0 amide bonds. The first-order valence-corrected chi connectivity index (χ1v) is 6.04. The molecule has 0 heterocycles. The van der Waals surface area contributed by atoms with Gasteiger partial charge < -0.3 is 0 Å². The minimum Gasteiger partial charge on any atom is -0.298 e. The number of hydrogen-bond acceptors (Lipinski definition) is 1. The van der Waals surface area contributed by atoms with Gasteiger partial charge in [0.25, 0.3) is 0 Å². The number of halogens is 1. The van der Waals surface area contributed by atoms with Gasteiger partial charge in [-0.15, -0.1) is 0 Å². The van der Waals surface area contributed by atoms with Crippen molar-refractivity contribution >= 4 is 27.8 Å². The van der Waals surface area contributed by atoms with Crippen LogP contribution < -0.4 is 0 Å². The van der Waals surface area contributed by atoms with Crippen LogP contribution >= 0.6 is 15.9 Å². The van der Waals surface area contributed by atoms with Crippen LogP contribution in [0, 0.1) is 0 Å². The standard InChI is InChI=1S/C11H9BrO.C2H6/c12-11-6-5-8-3-1-2-4-9(8)10(11)7-13;1-2/h1-4,7H,5-6H2;1-2H3. The third kappa shape index (κ3) is 2.57.